The smallest absolute Gasteiger partial charge is 0.219 e. The zero-order valence-corrected chi connectivity index (χ0v) is 11.7. The molecule has 0 aliphatic carbocycles. The van der Waals surface area contributed by atoms with E-state index in [1.807, 2.05) is 0 Å². The predicted molar refractivity (Wildman–Crippen MR) is 74.8 cm³/mol. The second-order valence-corrected chi connectivity index (χ2v) is 5.83. The van der Waals surface area contributed by atoms with Gasteiger partial charge < -0.3 is 10.6 Å². The van der Waals surface area contributed by atoms with Crippen molar-refractivity contribution in [2.24, 2.45) is 5.73 Å². The Morgan fingerprint density at radius 2 is 2.11 bits per heavy atom. The van der Waals surface area contributed by atoms with Gasteiger partial charge in [-0.25, -0.2) is 0 Å². The lowest BCUT2D eigenvalue weighted by atomic mass is 9.81. The number of primary amides is 1. The van der Waals surface area contributed by atoms with Crippen molar-refractivity contribution >= 4 is 11.6 Å². The molecule has 2 rings (SSSR count). The minimum absolute atomic E-state index is 0.110. The van der Waals surface area contributed by atoms with E-state index in [1.165, 1.54) is 16.8 Å². The second kappa shape index (κ2) is 4.30. The van der Waals surface area contributed by atoms with Crippen LogP contribution in [0.1, 0.15) is 38.3 Å². The maximum atomic E-state index is 11.0. The molecule has 1 unspecified atom stereocenters. The van der Waals surface area contributed by atoms with Crippen LogP contribution in [0.5, 0.6) is 0 Å². The monoisotopic (exact) mass is 246 g/mol. The van der Waals surface area contributed by atoms with Gasteiger partial charge in [0.05, 0.1) is 0 Å². The summed E-state index contributed by atoms with van der Waals surface area (Å²) in [6.07, 6.45) is 0.410. The molecule has 0 saturated heterocycles. The quantitative estimate of drug-likeness (QED) is 0.890. The maximum absolute atomic E-state index is 11.0. The van der Waals surface area contributed by atoms with E-state index in [0.717, 1.165) is 0 Å². The molecule has 1 aromatic carbocycles. The van der Waals surface area contributed by atoms with Gasteiger partial charge in [0.15, 0.2) is 0 Å². The molecular weight excluding hydrogens is 224 g/mol. The number of nitrogens with two attached hydrogens (primary N) is 1. The fourth-order valence-electron chi connectivity index (χ4n) is 2.78. The number of anilines is 1. The number of benzene rings is 1. The Balaban J connectivity index is 2.37. The molecule has 1 heterocycles. The molecule has 2 N–H and O–H groups in total. The average Bonchev–Trinajstić information content (AvgIpc) is 2.46. The van der Waals surface area contributed by atoms with Crippen LogP contribution in [-0.4, -0.2) is 18.5 Å². The number of nitrogens with zero attached hydrogens (tertiary/aromatic N) is 1. The van der Waals surface area contributed by atoms with Crippen molar-refractivity contribution in [1.82, 2.24) is 0 Å². The van der Waals surface area contributed by atoms with Crippen molar-refractivity contribution in [1.29, 1.82) is 0 Å². The van der Waals surface area contributed by atoms with Crippen LogP contribution in [0.4, 0.5) is 5.69 Å². The summed E-state index contributed by atoms with van der Waals surface area (Å²) in [5.41, 5.74) is 9.28. The van der Waals surface area contributed by atoms with Gasteiger partial charge in [0, 0.05) is 30.1 Å². The summed E-state index contributed by atoms with van der Waals surface area (Å²) in [6.45, 7) is 9.57. The third kappa shape index (κ3) is 1.98. The lowest BCUT2D eigenvalue weighted by Crippen LogP contribution is -2.40. The lowest BCUT2D eigenvalue weighted by molar-refractivity contribution is -0.117. The summed E-state index contributed by atoms with van der Waals surface area (Å²) in [7, 11) is 0. The number of aryl methyl sites for hydroxylation is 1. The zero-order chi connectivity index (χ0) is 13.5. The molecule has 1 aliphatic rings. The van der Waals surface area contributed by atoms with Crippen LogP contribution in [0.15, 0.2) is 18.2 Å². The summed E-state index contributed by atoms with van der Waals surface area (Å²) in [6, 6.07) is 6.94. The first-order chi connectivity index (χ1) is 8.34. The van der Waals surface area contributed by atoms with Gasteiger partial charge in [-0.1, -0.05) is 31.5 Å². The normalized spacial score (nSPS) is 20.9. The van der Waals surface area contributed by atoms with Crippen molar-refractivity contribution in [3.05, 3.63) is 29.3 Å². The standard InChI is InChI=1S/C15H22N2O/c1-10-5-6-13-12(9-10)15(3,4)11(2)17(13)8-7-14(16)18/h5-6,9,11H,7-8H2,1-4H3,(H2,16,18). The van der Waals surface area contributed by atoms with Gasteiger partial charge >= 0.3 is 0 Å². The van der Waals surface area contributed by atoms with Gasteiger partial charge in [-0.05, 0) is 25.5 Å². The third-order valence-corrected chi connectivity index (χ3v) is 4.27. The van der Waals surface area contributed by atoms with Crippen LogP contribution in [0.3, 0.4) is 0 Å². The largest absolute Gasteiger partial charge is 0.370 e. The van der Waals surface area contributed by atoms with E-state index >= 15 is 0 Å². The Labute approximate surface area is 109 Å². The average molecular weight is 246 g/mol. The molecular formula is C15H22N2O. The number of hydrogen-bond acceptors (Lipinski definition) is 2. The molecule has 1 aromatic rings. The highest BCUT2D eigenvalue weighted by Gasteiger charge is 2.41. The van der Waals surface area contributed by atoms with E-state index in [4.69, 9.17) is 5.73 Å². The minimum Gasteiger partial charge on any atom is -0.370 e. The van der Waals surface area contributed by atoms with E-state index in [2.05, 4.69) is 50.8 Å². The molecule has 0 saturated carbocycles. The van der Waals surface area contributed by atoms with Crippen molar-refractivity contribution in [2.75, 3.05) is 11.4 Å². The Morgan fingerprint density at radius 3 is 2.72 bits per heavy atom. The molecule has 0 bridgehead atoms. The van der Waals surface area contributed by atoms with Crippen molar-refractivity contribution in [2.45, 2.75) is 45.6 Å². The highest BCUT2D eigenvalue weighted by atomic mass is 16.1. The van der Waals surface area contributed by atoms with E-state index in [9.17, 15) is 4.79 Å². The molecule has 0 spiro atoms. The lowest BCUT2D eigenvalue weighted by Gasteiger charge is -2.31. The van der Waals surface area contributed by atoms with E-state index in [0.29, 0.717) is 19.0 Å². The Kier molecular flexibility index (Phi) is 3.09. The van der Waals surface area contributed by atoms with Gasteiger partial charge in [0.25, 0.3) is 0 Å². The maximum Gasteiger partial charge on any atom is 0.219 e. The number of carbonyl (C=O) groups excluding carboxylic acids is 1. The first kappa shape index (κ1) is 12.9. The highest BCUT2D eigenvalue weighted by molar-refractivity contribution is 5.75. The van der Waals surface area contributed by atoms with Gasteiger partial charge in [-0.2, -0.15) is 0 Å². The van der Waals surface area contributed by atoms with E-state index in [1.54, 1.807) is 0 Å². The van der Waals surface area contributed by atoms with Crippen LogP contribution < -0.4 is 10.6 Å². The number of carbonyl (C=O) groups is 1. The SMILES string of the molecule is Cc1ccc2c(c1)C(C)(C)C(C)N2CCC(N)=O. The van der Waals surface area contributed by atoms with Crippen molar-refractivity contribution < 1.29 is 4.79 Å². The van der Waals surface area contributed by atoms with Crippen molar-refractivity contribution in [3.8, 4) is 0 Å². The van der Waals surface area contributed by atoms with Gasteiger partial charge in [0.1, 0.15) is 0 Å². The molecule has 1 aliphatic heterocycles. The molecule has 3 nitrogen and oxygen atoms in total. The summed E-state index contributed by atoms with van der Waals surface area (Å²) in [4.78, 5) is 13.3. The first-order valence-electron chi connectivity index (χ1n) is 6.50. The summed E-state index contributed by atoms with van der Waals surface area (Å²) in [5, 5.41) is 0. The molecule has 18 heavy (non-hydrogen) atoms. The molecule has 3 heteroatoms. The Bertz CT molecular complexity index is 479. The van der Waals surface area contributed by atoms with Gasteiger partial charge in [-0.3, -0.25) is 4.79 Å². The first-order valence-corrected chi connectivity index (χ1v) is 6.50. The molecule has 0 aromatic heterocycles. The Hall–Kier alpha value is -1.51. The second-order valence-electron chi connectivity index (χ2n) is 5.83. The Morgan fingerprint density at radius 1 is 1.44 bits per heavy atom. The highest BCUT2D eigenvalue weighted by Crippen LogP contribution is 2.45. The summed E-state index contributed by atoms with van der Waals surface area (Å²) >= 11 is 0. The third-order valence-electron chi connectivity index (χ3n) is 4.27. The van der Waals surface area contributed by atoms with Crippen LogP contribution in [0, 0.1) is 6.92 Å². The van der Waals surface area contributed by atoms with E-state index < -0.39 is 0 Å². The predicted octanol–water partition coefficient (Wildman–Crippen LogP) is 2.36. The molecule has 0 fully saturated rings. The van der Waals surface area contributed by atoms with Crippen molar-refractivity contribution in [3.63, 3.8) is 0 Å². The van der Waals surface area contributed by atoms with Crippen LogP contribution in [-0.2, 0) is 10.2 Å². The summed E-state index contributed by atoms with van der Waals surface area (Å²) < 4.78 is 0. The van der Waals surface area contributed by atoms with Gasteiger partial charge in [-0.15, -0.1) is 0 Å². The summed E-state index contributed by atoms with van der Waals surface area (Å²) in [5.74, 6) is -0.236. The van der Waals surface area contributed by atoms with E-state index in [-0.39, 0.29) is 11.3 Å². The van der Waals surface area contributed by atoms with Crippen LogP contribution in [0.2, 0.25) is 0 Å². The fourth-order valence-corrected chi connectivity index (χ4v) is 2.78. The topological polar surface area (TPSA) is 46.3 Å². The zero-order valence-electron chi connectivity index (χ0n) is 11.7. The molecule has 1 atom stereocenters. The minimum atomic E-state index is -0.236. The molecule has 98 valence electrons. The number of hydrogen-bond donors (Lipinski definition) is 1. The number of amides is 1. The number of fused-ring (bicyclic) bond motifs is 1. The van der Waals surface area contributed by atoms with Gasteiger partial charge in [0.2, 0.25) is 5.91 Å². The number of rotatable bonds is 3. The molecule has 0 radical (unpaired) electrons. The van der Waals surface area contributed by atoms with Crippen LogP contribution >= 0.6 is 0 Å². The molecule has 1 amide bonds. The van der Waals surface area contributed by atoms with Crippen LogP contribution in [0.25, 0.3) is 0 Å². The fraction of sp³-hybridized carbons (Fsp3) is 0.533.